The van der Waals surface area contributed by atoms with E-state index in [0.717, 1.165) is 16.3 Å². The van der Waals surface area contributed by atoms with Crippen LogP contribution in [0.4, 0.5) is 5.69 Å². The molecule has 20 heavy (non-hydrogen) atoms. The second kappa shape index (κ2) is 6.00. The molecule has 1 aromatic carbocycles. The van der Waals surface area contributed by atoms with Crippen LogP contribution in [0.15, 0.2) is 34.2 Å². The molecule has 0 saturated heterocycles. The van der Waals surface area contributed by atoms with Gasteiger partial charge in [0.25, 0.3) is 0 Å². The molecule has 0 N–H and O–H groups in total. The van der Waals surface area contributed by atoms with Crippen molar-refractivity contribution >= 4 is 29.2 Å². The molecule has 0 saturated carbocycles. The van der Waals surface area contributed by atoms with E-state index in [-0.39, 0.29) is 18.3 Å². The lowest BCUT2D eigenvalue weighted by Gasteiger charge is -2.18. The number of rotatable bonds is 4. The van der Waals surface area contributed by atoms with Crippen LogP contribution in [-0.2, 0) is 14.3 Å². The normalized spacial score (nSPS) is 15.2. The molecule has 0 aromatic heterocycles. The number of carbonyl (C=O) groups excluding carboxylic acids is 2. The number of nitrogens with zero attached hydrogens (tertiary/aromatic N) is 1. The predicted octanol–water partition coefficient (Wildman–Crippen LogP) is 2.21. The molecule has 106 valence electrons. The first kappa shape index (κ1) is 14.5. The smallest absolute Gasteiger partial charge is 0.325 e. The summed E-state index contributed by atoms with van der Waals surface area (Å²) in [4.78, 5) is 25.6. The molecule has 0 radical (unpaired) electrons. The zero-order valence-electron chi connectivity index (χ0n) is 11.5. The van der Waals surface area contributed by atoms with Crippen LogP contribution >= 0.6 is 11.8 Å². The Morgan fingerprint density at radius 2 is 2.10 bits per heavy atom. The molecule has 0 bridgehead atoms. The third-order valence-electron chi connectivity index (χ3n) is 2.78. The summed E-state index contributed by atoms with van der Waals surface area (Å²) in [6, 6.07) is 5.57. The van der Waals surface area contributed by atoms with Crippen molar-refractivity contribution in [2.24, 2.45) is 0 Å². The Balaban J connectivity index is 2.39. The van der Waals surface area contributed by atoms with Crippen LogP contribution in [0, 0.1) is 0 Å². The Bertz CT molecular complexity index is 583. The highest BCUT2D eigenvalue weighted by atomic mass is 32.2. The molecular weight excluding hydrogens is 278 g/mol. The van der Waals surface area contributed by atoms with Gasteiger partial charge in [-0.3, -0.25) is 9.59 Å². The number of fused-ring (bicyclic) bond motifs is 1. The molecule has 6 heteroatoms. The molecule has 1 aromatic rings. The topological polar surface area (TPSA) is 55.8 Å². The minimum Gasteiger partial charge on any atom is -0.497 e. The number of thioether (sulfide) groups is 1. The number of hydrogen-bond acceptors (Lipinski definition) is 6. The van der Waals surface area contributed by atoms with Gasteiger partial charge in [0.1, 0.15) is 12.3 Å². The molecule has 2 rings (SSSR count). The fourth-order valence-corrected chi connectivity index (χ4v) is 3.03. The fourth-order valence-electron chi connectivity index (χ4n) is 1.85. The third-order valence-corrected chi connectivity index (χ3v) is 3.87. The van der Waals surface area contributed by atoms with Crippen molar-refractivity contribution in [2.45, 2.75) is 11.8 Å². The van der Waals surface area contributed by atoms with Gasteiger partial charge < -0.3 is 14.4 Å². The van der Waals surface area contributed by atoms with Gasteiger partial charge in [-0.2, -0.15) is 0 Å². The van der Waals surface area contributed by atoms with E-state index in [4.69, 9.17) is 9.47 Å². The van der Waals surface area contributed by atoms with Crippen LogP contribution in [0.2, 0.25) is 0 Å². The van der Waals surface area contributed by atoms with E-state index < -0.39 is 0 Å². The van der Waals surface area contributed by atoms with Crippen molar-refractivity contribution in [3.8, 4) is 5.75 Å². The molecule has 5 nitrogen and oxygen atoms in total. The van der Waals surface area contributed by atoms with Crippen molar-refractivity contribution in [3.05, 3.63) is 29.3 Å². The summed E-state index contributed by atoms with van der Waals surface area (Å²) in [5.41, 5.74) is 0.869. The number of carbonyl (C=O) groups is 2. The Morgan fingerprint density at radius 1 is 1.35 bits per heavy atom. The minimum atomic E-state index is -0.358. The van der Waals surface area contributed by atoms with Crippen LogP contribution in [0.3, 0.4) is 0 Å². The first-order valence-corrected chi connectivity index (χ1v) is 6.79. The monoisotopic (exact) mass is 293 g/mol. The van der Waals surface area contributed by atoms with E-state index in [2.05, 4.69) is 0 Å². The van der Waals surface area contributed by atoms with Crippen molar-refractivity contribution in [3.63, 3.8) is 0 Å². The summed E-state index contributed by atoms with van der Waals surface area (Å²) < 4.78 is 9.88. The second-order valence-electron chi connectivity index (χ2n) is 4.19. The molecule has 0 atom stereocenters. The average Bonchev–Trinajstić information content (AvgIpc) is 2.74. The van der Waals surface area contributed by atoms with E-state index in [1.165, 1.54) is 31.9 Å². The minimum absolute atomic E-state index is 0.0675. The largest absolute Gasteiger partial charge is 0.497 e. The van der Waals surface area contributed by atoms with Crippen LogP contribution in [0.5, 0.6) is 5.75 Å². The second-order valence-corrected chi connectivity index (χ2v) is 5.25. The van der Waals surface area contributed by atoms with Gasteiger partial charge in [0.2, 0.25) is 0 Å². The van der Waals surface area contributed by atoms with Gasteiger partial charge in [0.05, 0.1) is 24.9 Å². The highest BCUT2D eigenvalue weighted by Gasteiger charge is 2.27. The zero-order valence-corrected chi connectivity index (χ0v) is 12.3. The Labute approximate surface area is 121 Å². The first-order chi connectivity index (χ1) is 9.55. The van der Waals surface area contributed by atoms with Crippen molar-refractivity contribution in [2.75, 3.05) is 25.7 Å². The standard InChI is InChI=1S/C14H15NO4S/c1-9(16)6-13-15(8-14(17)19-3)11-5-4-10(18-2)7-12(11)20-13/h4-7H,8H2,1-3H3/b13-6-. The molecule has 0 amide bonds. The van der Waals surface area contributed by atoms with Crippen LogP contribution in [-0.4, -0.2) is 32.5 Å². The SMILES string of the molecule is COC(=O)CN1/C(=C/C(C)=O)Sc2cc(OC)ccc21. The summed E-state index contributed by atoms with van der Waals surface area (Å²) in [5, 5.41) is 0.714. The van der Waals surface area contributed by atoms with Gasteiger partial charge in [-0.15, -0.1) is 0 Å². The zero-order chi connectivity index (χ0) is 14.7. The van der Waals surface area contributed by atoms with E-state index in [1.807, 2.05) is 18.2 Å². The third kappa shape index (κ3) is 2.96. The van der Waals surface area contributed by atoms with Crippen molar-refractivity contribution in [1.82, 2.24) is 0 Å². The Kier molecular flexibility index (Phi) is 4.34. The van der Waals surface area contributed by atoms with Gasteiger partial charge in [0.15, 0.2) is 5.78 Å². The number of methoxy groups -OCH3 is 2. The van der Waals surface area contributed by atoms with Crippen molar-refractivity contribution < 1.29 is 19.1 Å². The molecule has 0 aliphatic carbocycles. The van der Waals surface area contributed by atoms with Crippen LogP contribution in [0.1, 0.15) is 6.92 Å². The first-order valence-electron chi connectivity index (χ1n) is 5.97. The number of anilines is 1. The Hall–Kier alpha value is -1.95. The quantitative estimate of drug-likeness (QED) is 0.626. The molecular formula is C14H15NO4S. The van der Waals surface area contributed by atoms with E-state index in [9.17, 15) is 9.59 Å². The summed E-state index contributed by atoms with van der Waals surface area (Å²) in [7, 11) is 2.94. The van der Waals surface area contributed by atoms with Gasteiger partial charge in [-0.05, 0) is 25.1 Å². The average molecular weight is 293 g/mol. The maximum Gasteiger partial charge on any atom is 0.325 e. The molecule has 1 heterocycles. The summed E-state index contributed by atoms with van der Waals surface area (Å²) in [6.07, 6.45) is 1.51. The van der Waals surface area contributed by atoms with E-state index in [1.54, 1.807) is 12.0 Å². The van der Waals surface area contributed by atoms with E-state index >= 15 is 0 Å². The lowest BCUT2D eigenvalue weighted by atomic mass is 10.2. The van der Waals surface area contributed by atoms with Crippen LogP contribution in [0.25, 0.3) is 0 Å². The molecule has 0 spiro atoms. The molecule has 1 aliphatic rings. The predicted molar refractivity (Wildman–Crippen MR) is 77.0 cm³/mol. The molecule has 0 unspecified atom stereocenters. The van der Waals surface area contributed by atoms with E-state index in [0.29, 0.717) is 5.03 Å². The number of esters is 1. The highest BCUT2D eigenvalue weighted by molar-refractivity contribution is 8.03. The maximum absolute atomic E-state index is 11.5. The van der Waals surface area contributed by atoms with Gasteiger partial charge >= 0.3 is 5.97 Å². The van der Waals surface area contributed by atoms with Gasteiger partial charge in [-0.25, -0.2) is 0 Å². The number of hydrogen-bond donors (Lipinski definition) is 0. The molecule has 1 aliphatic heterocycles. The lowest BCUT2D eigenvalue weighted by molar-refractivity contribution is -0.138. The van der Waals surface area contributed by atoms with Gasteiger partial charge in [0, 0.05) is 11.0 Å². The fraction of sp³-hybridized carbons (Fsp3) is 0.286. The summed E-state index contributed by atoms with van der Waals surface area (Å²) in [5.74, 6) is 0.309. The summed E-state index contributed by atoms with van der Waals surface area (Å²) in [6.45, 7) is 1.55. The van der Waals surface area contributed by atoms with Crippen molar-refractivity contribution in [1.29, 1.82) is 0 Å². The summed E-state index contributed by atoms with van der Waals surface area (Å²) >= 11 is 1.43. The maximum atomic E-state index is 11.5. The highest BCUT2D eigenvalue weighted by Crippen LogP contribution is 2.47. The van der Waals surface area contributed by atoms with Crippen LogP contribution < -0.4 is 9.64 Å². The number of allylic oxidation sites excluding steroid dienone is 1. The number of benzene rings is 1. The Morgan fingerprint density at radius 3 is 2.70 bits per heavy atom. The molecule has 0 fully saturated rings. The number of ketones is 1. The van der Waals surface area contributed by atoms with Gasteiger partial charge in [-0.1, -0.05) is 11.8 Å². The lowest BCUT2D eigenvalue weighted by Crippen LogP contribution is -2.27. The number of ether oxygens (including phenoxy) is 2.